The van der Waals surface area contributed by atoms with Crippen molar-refractivity contribution in [2.75, 3.05) is 25.1 Å². The lowest BCUT2D eigenvalue weighted by molar-refractivity contribution is -0.130. The maximum Gasteiger partial charge on any atom is 0.410 e. The molecule has 1 aliphatic rings. The number of nitriles is 1. The minimum atomic E-state index is -1.03. The van der Waals surface area contributed by atoms with Crippen molar-refractivity contribution in [2.24, 2.45) is 0 Å². The van der Waals surface area contributed by atoms with Crippen molar-refractivity contribution in [1.29, 1.82) is 5.26 Å². The lowest BCUT2D eigenvalue weighted by Gasteiger charge is -2.31. The molecule has 2 heterocycles. The van der Waals surface area contributed by atoms with Crippen LogP contribution in [0.2, 0.25) is 5.02 Å². The van der Waals surface area contributed by atoms with Crippen LogP contribution in [0, 0.1) is 23.7 Å². The van der Waals surface area contributed by atoms with Gasteiger partial charge in [0.25, 0.3) is 0 Å². The average Bonchev–Trinajstić information content (AvgIpc) is 3.33. The molecule has 0 spiro atoms. The Kier molecular flexibility index (Phi) is 11.7. The van der Waals surface area contributed by atoms with Gasteiger partial charge >= 0.3 is 6.09 Å². The van der Waals surface area contributed by atoms with Gasteiger partial charge in [-0.3, -0.25) is 19.5 Å². The van der Waals surface area contributed by atoms with Crippen molar-refractivity contribution in [3.05, 3.63) is 76.6 Å². The standard InChI is InChI=1S/C38H42ClN5O6/c1-9-17-48-27-14-11-24(12-15-27)18-29(42-34(45)30(10-2)43(8)36(47)50-37(3,4)5)35(46)44-23-38(6,7)33-31(44)20-28(22-41-33)49-32-16-13-26(39)19-25(32)21-40/h1,11-16,19-20,22,29-30H,10,17-18,23H2,2-8H3,(H,42,45)/t29-,30-/m0/s1. The molecule has 2 aromatic carbocycles. The molecule has 1 aromatic heterocycles. The first-order valence-corrected chi connectivity index (χ1v) is 16.6. The lowest BCUT2D eigenvalue weighted by atomic mass is 9.91. The zero-order valence-corrected chi connectivity index (χ0v) is 30.1. The molecule has 0 radical (unpaired) electrons. The van der Waals surface area contributed by atoms with Gasteiger partial charge in [0.1, 0.15) is 47.6 Å². The van der Waals surface area contributed by atoms with E-state index in [4.69, 9.17) is 32.2 Å². The summed E-state index contributed by atoms with van der Waals surface area (Å²) < 4.78 is 17.0. The average molecular weight is 700 g/mol. The first-order valence-electron chi connectivity index (χ1n) is 16.2. The van der Waals surface area contributed by atoms with E-state index in [1.807, 2.05) is 13.8 Å². The third kappa shape index (κ3) is 9.04. The highest BCUT2D eigenvalue weighted by Crippen LogP contribution is 2.42. The van der Waals surface area contributed by atoms with E-state index in [1.54, 1.807) is 81.3 Å². The summed E-state index contributed by atoms with van der Waals surface area (Å²) >= 11 is 6.07. The molecule has 1 aliphatic heterocycles. The predicted molar refractivity (Wildman–Crippen MR) is 190 cm³/mol. The summed E-state index contributed by atoms with van der Waals surface area (Å²) in [7, 11) is 1.50. The van der Waals surface area contributed by atoms with E-state index in [1.165, 1.54) is 18.0 Å². The lowest BCUT2D eigenvalue weighted by Crippen LogP contribution is -2.56. The summed E-state index contributed by atoms with van der Waals surface area (Å²) in [5.41, 5.74) is 0.892. The molecule has 262 valence electrons. The Hall–Kier alpha value is -5.26. The summed E-state index contributed by atoms with van der Waals surface area (Å²) in [5, 5.41) is 12.9. The Labute approximate surface area is 298 Å². The van der Waals surface area contributed by atoms with Crippen molar-refractivity contribution in [3.8, 4) is 35.7 Å². The molecule has 0 unspecified atom stereocenters. The van der Waals surface area contributed by atoms with Crippen LogP contribution in [0.3, 0.4) is 0 Å². The van der Waals surface area contributed by atoms with Gasteiger partial charge in [-0.25, -0.2) is 4.79 Å². The van der Waals surface area contributed by atoms with E-state index < -0.39 is 35.1 Å². The highest BCUT2D eigenvalue weighted by molar-refractivity contribution is 6.30. The molecule has 2 atom stereocenters. The molecule has 12 heteroatoms. The quantitative estimate of drug-likeness (QED) is 0.227. The minimum absolute atomic E-state index is 0.111. The Balaban J connectivity index is 1.68. The number of likely N-dealkylation sites (N-methyl/N-ethyl adjacent to an activating group) is 1. The first kappa shape index (κ1) is 37.6. The van der Waals surface area contributed by atoms with Crippen molar-refractivity contribution in [3.63, 3.8) is 0 Å². The van der Waals surface area contributed by atoms with Crippen LogP contribution in [0.5, 0.6) is 17.2 Å². The Bertz CT molecular complexity index is 1820. The number of pyridine rings is 1. The normalized spacial score (nSPS) is 14.3. The molecular formula is C38H42ClN5O6. The number of terminal acetylenes is 1. The number of hydrogen-bond donors (Lipinski definition) is 1. The number of carbonyl (C=O) groups excluding carboxylic acids is 3. The van der Waals surface area contributed by atoms with Gasteiger partial charge in [0.2, 0.25) is 11.8 Å². The number of aromatic nitrogens is 1. The highest BCUT2D eigenvalue weighted by atomic mass is 35.5. The van der Waals surface area contributed by atoms with Crippen LogP contribution in [0.15, 0.2) is 54.7 Å². The molecule has 0 aliphatic carbocycles. The van der Waals surface area contributed by atoms with E-state index in [9.17, 15) is 19.6 Å². The predicted octanol–water partition coefficient (Wildman–Crippen LogP) is 6.41. The molecular weight excluding hydrogens is 658 g/mol. The van der Waals surface area contributed by atoms with Crippen molar-refractivity contribution >= 4 is 35.2 Å². The highest BCUT2D eigenvalue weighted by Gasteiger charge is 2.42. The van der Waals surface area contributed by atoms with Gasteiger partial charge < -0.3 is 24.4 Å². The number of benzene rings is 2. The molecule has 0 saturated carbocycles. The van der Waals surface area contributed by atoms with Gasteiger partial charge in [0.15, 0.2) is 0 Å². The molecule has 4 rings (SSSR count). The maximum absolute atomic E-state index is 14.6. The van der Waals surface area contributed by atoms with Crippen molar-refractivity contribution in [2.45, 2.75) is 77.5 Å². The number of nitrogens with one attached hydrogen (secondary N) is 1. The summed E-state index contributed by atoms with van der Waals surface area (Å²) in [6.07, 6.45) is 6.63. The Morgan fingerprint density at radius 2 is 1.84 bits per heavy atom. The number of ether oxygens (including phenoxy) is 3. The molecule has 50 heavy (non-hydrogen) atoms. The molecule has 0 fully saturated rings. The van der Waals surface area contributed by atoms with Crippen LogP contribution in [0.4, 0.5) is 10.5 Å². The van der Waals surface area contributed by atoms with E-state index in [0.29, 0.717) is 27.9 Å². The molecule has 3 amide bonds. The van der Waals surface area contributed by atoms with Gasteiger partial charge in [-0.05, 0) is 63.1 Å². The second-order valence-corrected chi connectivity index (χ2v) is 14.1. The van der Waals surface area contributed by atoms with E-state index in [2.05, 4.69) is 22.3 Å². The smallest absolute Gasteiger partial charge is 0.410 e. The molecule has 3 aromatic rings. The van der Waals surface area contributed by atoms with Crippen LogP contribution in [-0.4, -0.2) is 65.7 Å². The number of amides is 3. The summed E-state index contributed by atoms with van der Waals surface area (Å²) in [5.74, 6) is 2.71. The third-order valence-corrected chi connectivity index (χ3v) is 8.26. The number of nitrogens with zero attached hydrogens (tertiary/aromatic N) is 4. The summed E-state index contributed by atoms with van der Waals surface area (Å²) in [6.45, 7) is 11.4. The zero-order chi connectivity index (χ0) is 36.8. The first-order chi connectivity index (χ1) is 23.6. The molecule has 0 saturated heterocycles. The Morgan fingerprint density at radius 1 is 1.14 bits per heavy atom. The van der Waals surface area contributed by atoms with Gasteiger partial charge in [-0.2, -0.15) is 5.26 Å². The second kappa shape index (κ2) is 15.5. The number of carbonyl (C=O) groups is 3. The number of hydrogen-bond acceptors (Lipinski definition) is 8. The third-order valence-electron chi connectivity index (χ3n) is 8.02. The fourth-order valence-corrected chi connectivity index (χ4v) is 5.78. The van der Waals surface area contributed by atoms with Crippen LogP contribution in [-0.2, 0) is 26.2 Å². The van der Waals surface area contributed by atoms with Gasteiger partial charge in [-0.1, -0.05) is 50.4 Å². The fourth-order valence-electron chi connectivity index (χ4n) is 5.61. The zero-order valence-electron chi connectivity index (χ0n) is 29.4. The van der Waals surface area contributed by atoms with Gasteiger partial charge in [0.05, 0.1) is 23.1 Å². The van der Waals surface area contributed by atoms with E-state index in [0.717, 1.165) is 5.56 Å². The molecule has 1 N–H and O–H groups in total. The van der Waals surface area contributed by atoms with E-state index >= 15 is 0 Å². The summed E-state index contributed by atoms with van der Waals surface area (Å²) in [4.78, 5) is 48.8. The van der Waals surface area contributed by atoms with Crippen LogP contribution < -0.4 is 19.7 Å². The van der Waals surface area contributed by atoms with Crippen molar-refractivity contribution in [1.82, 2.24) is 15.2 Å². The largest absolute Gasteiger partial charge is 0.481 e. The summed E-state index contributed by atoms with van der Waals surface area (Å²) in [6, 6.07) is 13.6. The van der Waals surface area contributed by atoms with E-state index in [-0.39, 0.29) is 43.2 Å². The fraction of sp³-hybridized carbons (Fsp3) is 0.395. The van der Waals surface area contributed by atoms with Crippen LogP contribution >= 0.6 is 11.6 Å². The molecule has 0 bridgehead atoms. The maximum atomic E-state index is 14.6. The Morgan fingerprint density at radius 3 is 2.46 bits per heavy atom. The number of rotatable bonds is 11. The van der Waals surface area contributed by atoms with Crippen LogP contribution in [0.25, 0.3) is 0 Å². The topological polar surface area (TPSA) is 134 Å². The number of fused-ring (bicyclic) bond motifs is 1. The monoisotopic (exact) mass is 699 g/mol. The van der Waals surface area contributed by atoms with Gasteiger partial charge in [0, 0.05) is 36.5 Å². The van der Waals surface area contributed by atoms with Gasteiger partial charge in [-0.15, -0.1) is 6.42 Å². The van der Waals surface area contributed by atoms with Crippen molar-refractivity contribution < 1.29 is 28.6 Å². The van der Waals surface area contributed by atoms with Crippen LogP contribution in [0.1, 0.15) is 64.8 Å². The second-order valence-electron chi connectivity index (χ2n) is 13.6. The number of halogens is 1. The molecule has 11 nitrogen and oxygen atoms in total. The SMILES string of the molecule is C#CCOc1ccc(C[C@H](NC(=O)[C@H](CC)N(C)C(=O)OC(C)(C)C)C(=O)N2CC(C)(C)c3ncc(Oc4ccc(Cl)cc4C#N)cc32)cc1. The minimum Gasteiger partial charge on any atom is -0.481 e. The number of anilines is 1.